The van der Waals surface area contributed by atoms with Crippen molar-refractivity contribution in [2.24, 2.45) is 5.92 Å². The molecule has 0 fully saturated rings. The van der Waals surface area contributed by atoms with E-state index in [1.807, 2.05) is 42.6 Å². The topological polar surface area (TPSA) is 39.9 Å². The number of fused-ring (bicyclic) bond motifs is 1. The van der Waals surface area contributed by atoms with Gasteiger partial charge in [-0.1, -0.05) is 13.8 Å². The molecule has 0 saturated heterocycles. The van der Waals surface area contributed by atoms with Gasteiger partial charge >= 0.3 is 0 Å². The summed E-state index contributed by atoms with van der Waals surface area (Å²) in [5, 5.41) is 0. The van der Waals surface area contributed by atoms with Crippen LogP contribution in [0.4, 0.5) is 0 Å². The Morgan fingerprint density at radius 1 is 1.14 bits per heavy atom. The summed E-state index contributed by atoms with van der Waals surface area (Å²) in [6.45, 7) is 4.40. The van der Waals surface area contributed by atoms with Gasteiger partial charge in [0.15, 0.2) is 5.65 Å². The van der Waals surface area contributed by atoms with Gasteiger partial charge in [-0.2, -0.15) is 0 Å². The van der Waals surface area contributed by atoms with Crippen molar-refractivity contribution in [2.45, 2.75) is 20.3 Å². The van der Waals surface area contributed by atoms with Crippen molar-refractivity contribution >= 4 is 11.2 Å². The lowest BCUT2D eigenvalue weighted by Gasteiger charge is -2.10. The Morgan fingerprint density at radius 3 is 2.57 bits per heavy atom. The van der Waals surface area contributed by atoms with Gasteiger partial charge in [0.1, 0.15) is 17.1 Å². The van der Waals surface area contributed by atoms with Gasteiger partial charge in [0.05, 0.1) is 7.11 Å². The van der Waals surface area contributed by atoms with Crippen molar-refractivity contribution in [1.29, 1.82) is 0 Å². The van der Waals surface area contributed by atoms with E-state index in [-0.39, 0.29) is 0 Å². The Bertz CT molecular complexity index is 744. The average Bonchev–Trinajstić information content (AvgIpc) is 2.84. The van der Waals surface area contributed by atoms with Crippen LogP contribution in [0.25, 0.3) is 16.9 Å². The molecule has 108 valence electrons. The van der Waals surface area contributed by atoms with Gasteiger partial charge in [-0.05, 0) is 42.3 Å². The molecule has 0 atom stereocenters. The Morgan fingerprint density at radius 2 is 1.90 bits per heavy atom. The molecule has 3 aromatic rings. The highest BCUT2D eigenvalue weighted by molar-refractivity contribution is 5.73. The third-order valence-electron chi connectivity index (χ3n) is 3.41. The molecule has 4 nitrogen and oxygen atoms in total. The molecule has 3 rings (SSSR count). The van der Waals surface area contributed by atoms with E-state index in [4.69, 9.17) is 9.72 Å². The molecular weight excluding hydrogens is 262 g/mol. The molecule has 0 unspecified atom stereocenters. The number of rotatable bonds is 4. The number of hydrogen-bond acceptors (Lipinski definition) is 3. The van der Waals surface area contributed by atoms with Crippen molar-refractivity contribution < 1.29 is 4.74 Å². The summed E-state index contributed by atoms with van der Waals surface area (Å²) in [4.78, 5) is 9.24. The van der Waals surface area contributed by atoms with E-state index in [9.17, 15) is 0 Å². The zero-order chi connectivity index (χ0) is 14.8. The highest BCUT2D eigenvalue weighted by Gasteiger charge is 2.14. The summed E-state index contributed by atoms with van der Waals surface area (Å²) >= 11 is 0. The van der Waals surface area contributed by atoms with Crippen LogP contribution in [0.3, 0.4) is 0 Å². The first-order chi connectivity index (χ1) is 10.2. The number of ether oxygens (including phenoxy) is 1. The number of pyridine rings is 1. The molecule has 0 saturated carbocycles. The molecule has 0 aliphatic heterocycles. The van der Waals surface area contributed by atoms with Gasteiger partial charge in [0.25, 0.3) is 0 Å². The van der Waals surface area contributed by atoms with Crippen LogP contribution in [0.15, 0.2) is 42.6 Å². The van der Waals surface area contributed by atoms with Gasteiger partial charge < -0.3 is 4.74 Å². The molecule has 0 aliphatic rings. The number of aromatic nitrogens is 3. The molecule has 0 N–H and O–H groups in total. The molecule has 0 spiro atoms. The predicted molar refractivity (Wildman–Crippen MR) is 84.0 cm³/mol. The molecule has 0 aliphatic carbocycles. The van der Waals surface area contributed by atoms with E-state index in [2.05, 4.69) is 23.4 Å². The van der Waals surface area contributed by atoms with Crippen LogP contribution < -0.4 is 4.74 Å². The monoisotopic (exact) mass is 281 g/mol. The van der Waals surface area contributed by atoms with Crippen molar-refractivity contribution in [3.8, 4) is 11.4 Å². The number of methoxy groups -OCH3 is 1. The van der Waals surface area contributed by atoms with E-state index < -0.39 is 0 Å². The Labute approximate surface area is 124 Å². The van der Waals surface area contributed by atoms with Crippen LogP contribution in [-0.2, 0) is 6.42 Å². The third-order valence-corrected chi connectivity index (χ3v) is 3.41. The first-order valence-electron chi connectivity index (χ1n) is 7.16. The summed E-state index contributed by atoms with van der Waals surface area (Å²) in [6, 6.07) is 11.9. The second-order valence-electron chi connectivity index (χ2n) is 5.51. The maximum Gasteiger partial charge on any atom is 0.164 e. The number of nitrogens with zero attached hydrogens (tertiary/aromatic N) is 3. The second-order valence-corrected chi connectivity index (χ2v) is 5.51. The van der Waals surface area contributed by atoms with Crippen LogP contribution >= 0.6 is 0 Å². The first-order valence-corrected chi connectivity index (χ1v) is 7.16. The molecular formula is C17H19N3O. The van der Waals surface area contributed by atoms with Crippen LogP contribution in [-0.4, -0.2) is 21.6 Å². The Hall–Kier alpha value is -2.36. The van der Waals surface area contributed by atoms with E-state index in [0.29, 0.717) is 5.92 Å². The molecule has 0 amide bonds. The van der Waals surface area contributed by atoms with Gasteiger partial charge in [-0.25, -0.2) is 9.97 Å². The number of imidazole rings is 1. The van der Waals surface area contributed by atoms with E-state index in [1.165, 1.54) is 0 Å². The Balaban J connectivity index is 2.17. The van der Waals surface area contributed by atoms with E-state index in [1.54, 1.807) is 7.11 Å². The van der Waals surface area contributed by atoms with Gasteiger partial charge in [-0.3, -0.25) is 4.57 Å². The summed E-state index contributed by atoms with van der Waals surface area (Å²) < 4.78 is 7.36. The normalized spacial score (nSPS) is 11.2. The van der Waals surface area contributed by atoms with E-state index in [0.717, 1.165) is 34.8 Å². The number of benzene rings is 1. The third kappa shape index (κ3) is 2.61. The van der Waals surface area contributed by atoms with Crippen molar-refractivity contribution in [3.05, 3.63) is 48.4 Å². The fourth-order valence-corrected chi connectivity index (χ4v) is 2.46. The summed E-state index contributed by atoms with van der Waals surface area (Å²) in [7, 11) is 1.67. The minimum atomic E-state index is 0.541. The van der Waals surface area contributed by atoms with Crippen LogP contribution in [0, 0.1) is 5.92 Å². The quantitative estimate of drug-likeness (QED) is 0.733. The van der Waals surface area contributed by atoms with Crippen LogP contribution in [0.1, 0.15) is 19.7 Å². The molecule has 4 heteroatoms. The van der Waals surface area contributed by atoms with Gasteiger partial charge in [0.2, 0.25) is 0 Å². The highest BCUT2D eigenvalue weighted by atomic mass is 16.5. The lowest BCUT2D eigenvalue weighted by atomic mass is 10.1. The smallest absolute Gasteiger partial charge is 0.164 e. The summed E-state index contributed by atoms with van der Waals surface area (Å²) in [6.07, 6.45) is 2.73. The van der Waals surface area contributed by atoms with Crippen molar-refractivity contribution in [3.63, 3.8) is 0 Å². The lowest BCUT2D eigenvalue weighted by Crippen LogP contribution is -2.05. The standard InChI is InChI=1S/C17H19N3O/c1-12(2)11-16-19-15-5-4-10-18-17(15)20(16)13-6-8-14(21-3)9-7-13/h4-10,12H,11H2,1-3H3. The maximum absolute atomic E-state index is 5.23. The zero-order valence-electron chi connectivity index (χ0n) is 12.6. The first kappa shape index (κ1) is 13.6. The van der Waals surface area contributed by atoms with Crippen molar-refractivity contribution in [2.75, 3.05) is 7.11 Å². The molecule has 1 aromatic carbocycles. The SMILES string of the molecule is COc1ccc(-n2c(CC(C)C)nc3cccnc32)cc1. The second kappa shape index (κ2) is 5.56. The average molecular weight is 281 g/mol. The Kier molecular flexibility index (Phi) is 3.60. The molecule has 0 bridgehead atoms. The highest BCUT2D eigenvalue weighted by Crippen LogP contribution is 2.23. The van der Waals surface area contributed by atoms with E-state index >= 15 is 0 Å². The molecule has 2 aromatic heterocycles. The molecule has 2 heterocycles. The summed E-state index contributed by atoms with van der Waals surface area (Å²) in [5.41, 5.74) is 2.90. The fraction of sp³-hybridized carbons (Fsp3) is 0.294. The zero-order valence-corrected chi connectivity index (χ0v) is 12.6. The van der Waals surface area contributed by atoms with Gasteiger partial charge in [-0.15, -0.1) is 0 Å². The van der Waals surface area contributed by atoms with Crippen LogP contribution in [0.2, 0.25) is 0 Å². The molecule has 21 heavy (non-hydrogen) atoms. The fourth-order valence-electron chi connectivity index (χ4n) is 2.46. The predicted octanol–water partition coefficient (Wildman–Crippen LogP) is 3.63. The largest absolute Gasteiger partial charge is 0.497 e. The summed E-state index contributed by atoms with van der Waals surface area (Å²) in [5.74, 6) is 2.43. The lowest BCUT2D eigenvalue weighted by molar-refractivity contribution is 0.414. The molecule has 0 radical (unpaired) electrons. The maximum atomic E-state index is 5.23. The minimum Gasteiger partial charge on any atom is -0.497 e. The van der Waals surface area contributed by atoms with Gasteiger partial charge in [0, 0.05) is 18.3 Å². The van der Waals surface area contributed by atoms with Crippen molar-refractivity contribution in [1.82, 2.24) is 14.5 Å². The van der Waals surface area contributed by atoms with Crippen LogP contribution in [0.5, 0.6) is 5.75 Å². The minimum absolute atomic E-state index is 0.541. The number of hydrogen-bond donors (Lipinski definition) is 0.